The number of nitrogens with zero attached hydrogens (tertiary/aromatic N) is 2. The van der Waals surface area contributed by atoms with Gasteiger partial charge in [-0.15, -0.1) is 0 Å². The Hall–Kier alpha value is -2.26. The molecule has 0 aliphatic heterocycles. The van der Waals surface area contributed by atoms with Gasteiger partial charge in [-0.05, 0) is 25.1 Å². The summed E-state index contributed by atoms with van der Waals surface area (Å²) in [5.41, 5.74) is 2.60. The van der Waals surface area contributed by atoms with Crippen LogP contribution in [0.2, 0.25) is 5.02 Å². The zero-order chi connectivity index (χ0) is 14.3. The van der Waals surface area contributed by atoms with Crippen LogP contribution in [0.3, 0.4) is 0 Å². The SMILES string of the molecule is CCOC(=O)/C(C#N)=N/Nc1cc(Cl)ccc1OC. The minimum Gasteiger partial charge on any atom is -0.495 e. The highest BCUT2D eigenvalue weighted by Crippen LogP contribution is 2.27. The fraction of sp³-hybridized carbons (Fsp3) is 0.250. The number of anilines is 1. The van der Waals surface area contributed by atoms with Gasteiger partial charge in [-0.3, -0.25) is 5.43 Å². The lowest BCUT2D eigenvalue weighted by molar-refractivity contribution is -0.134. The number of hydrazone groups is 1. The van der Waals surface area contributed by atoms with E-state index in [-0.39, 0.29) is 12.3 Å². The highest BCUT2D eigenvalue weighted by atomic mass is 35.5. The number of hydrogen-bond donors (Lipinski definition) is 1. The number of esters is 1. The molecule has 0 saturated heterocycles. The largest absolute Gasteiger partial charge is 0.495 e. The summed E-state index contributed by atoms with van der Waals surface area (Å²) in [6.45, 7) is 1.81. The van der Waals surface area contributed by atoms with Crippen molar-refractivity contribution >= 4 is 29.0 Å². The second-order valence-electron chi connectivity index (χ2n) is 3.25. The molecule has 1 N–H and O–H groups in total. The summed E-state index contributed by atoms with van der Waals surface area (Å²) < 4.78 is 9.76. The second-order valence-corrected chi connectivity index (χ2v) is 3.69. The number of carbonyl (C=O) groups excluding carboxylic acids is 1. The molecule has 0 atom stereocenters. The molecule has 0 spiro atoms. The predicted molar refractivity (Wildman–Crippen MR) is 71.3 cm³/mol. The number of hydrogen-bond acceptors (Lipinski definition) is 6. The van der Waals surface area contributed by atoms with Crippen molar-refractivity contribution in [2.24, 2.45) is 5.10 Å². The first-order chi connectivity index (χ1) is 9.12. The first kappa shape index (κ1) is 14.8. The zero-order valence-corrected chi connectivity index (χ0v) is 11.2. The van der Waals surface area contributed by atoms with Crippen LogP contribution in [0, 0.1) is 11.3 Å². The minimum absolute atomic E-state index is 0.167. The number of benzene rings is 1. The van der Waals surface area contributed by atoms with Gasteiger partial charge in [0, 0.05) is 5.02 Å². The third-order valence-electron chi connectivity index (χ3n) is 2.02. The van der Waals surface area contributed by atoms with Gasteiger partial charge in [0.25, 0.3) is 0 Å². The number of carbonyl (C=O) groups is 1. The molecule has 1 aromatic carbocycles. The summed E-state index contributed by atoms with van der Waals surface area (Å²) in [6.07, 6.45) is 0. The van der Waals surface area contributed by atoms with E-state index < -0.39 is 5.97 Å². The van der Waals surface area contributed by atoms with Crippen LogP contribution < -0.4 is 10.2 Å². The quantitative estimate of drug-likeness (QED) is 0.508. The first-order valence-corrected chi connectivity index (χ1v) is 5.74. The Morgan fingerprint density at radius 3 is 2.89 bits per heavy atom. The van der Waals surface area contributed by atoms with E-state index in [9.17, 15) is 4.79 Å². The molecule has 0 fully saturated rings. The molecule has 0 heterocycles. The van der Waals surface area contributed by atoms with Crippen LogP contribution in [0.1, 0.15) is 6.92 Å². The number of nitrogens with one attached hydrogen (secondary N) is 1. The van der Waals surface area contributed by atoms with Gasteiger partial charge < -0.3 is 9.47 Å². The summed E-state index contributed by atoms with van der Waals surface area (Å²) in [6, 6.07) is 6.49. The van der Waals surface area contributed by atoms with Crippen LogP contribution >= 0.6 is 11.6 Å². The molecule has 0 aromatic heterocycles. The third kappa shape index (κ3) is 4.16. The van der Waals surface area contributed by atoms with Crippen molar-refractivity contribution in [3.63, 3.8) is 0 Å². The number of nitriles is 1. The Morgan fingerprint density at radius 1 is 1.58 bits per heavy atom. The zero-order valence-electron chi connectivity index (χ0n) is 10.4. The molecular weight excluding hydrogens is 270 g/mol. The van der Waals surface area contributed by atoms with Crippen molar-refractivity contribution in [3.8, 4) is 11.8 Å². The number of rotatable bonds is 5. The standard InChI is InChI=1S/C12H12ClN3O3/c1-3-19-12(17)10(7-14)16-15-9-6-8(13)4-5-11(9)18-2/h4-6,15H,3H2,1-2H3/b16-10+. The Bertz CT molecular complexity index is 538. The maximum absolute atomic E-state index is 11.3. The normalized spacial score (nSPS) is 10.5. The van der Waals surface area contributed by atoms with E-state index >= 15 is 0 Å². The molecule has 0 radical (unpaired) electrons. The number of halogens is 1. The van der Waals surface area contributed by atoms with Gasteiger partial charge in [0.05, 0.1) is 19.4 Å². The molecule has 19 heavy (non-hydrogen) atoms. The topological polar surface area (TPSA) is 83.7 Å². The predicted octanol–water partition coefficient (Wildman–Crippen LogP) is 2.20. The average Bonchev–Trinajstić information content (AvgIpc) is 2.40. The molecule has 0 bridgehead atoms. The van der Waals surface area contributed by atoms with Gasteiger partial charge >= 0.3 is 5.97 Å². The molecule has 1 rings (SSSR count). The van der Waals surface area contributed by atoms with Crippen molar-refractivity contribution in [3.05, 3.63) is 23.2 Å². The van der Waals surface area contributed by atoms with Crippen molar-refractivity contribution in [1.82, 2.24) is 0 Å². The molecule has 0 saturated carbocycles. The Kier molecular flexibility index (Phi) is 5.64. The molecule has 0 amide bonds. The van der Waals surface area contributed by atoms with E-state index in [0.29, 0.717) is 16.5 Å². The Labute approximate surface area is 115 Å². The Balaban J connectivity index is 2.93. The van der Waals surface area contributed by atoms with Crippen LogP contribution in [-0.2, 0) is 9.53 Å². The maximum atomic E-state index is 11.3. The fourth-order valence-electron chi connectivity index (χ4n) is 1.20. The van der Waals surface area contributed by atoms with Crippen molar-refractivity contribution < 1.29 is 14.3 Å². The van der Waals surface area contributed by atoms with Gasteiger partial charge in [0.2, 0.25) is 5.71 Å². The molecule has 7 heteroatoms. The average molecular weight is 282 g/mol. The van der Waals surface area contributed by atoms with E-state index in [1.807, 2.05) is 0 Å². The molecule has 0 aliphatic rings. The van der Waals surface area contributed by atoms with Crippen LogP contribution in [-0.4, -0.2) is 25.4 Å². The van der Waals surface area contributed by atoms with Crippen LogP contribution in [0.25, 0.3) is 0 Å². The summed E-state index contributed by atoms with van der Waals surface area (Å²) in [5.74, 6) is -0.312. The van der Waals surface area contributed by atoms with Gasteiger partial charge in [-0.1, -0.05) is 11.6 Å². The van der Waals surface area contributed by atoms with Crippen LogP contribution in [0.4, 0.5) is 5.69 Å². The lowest BCUT2D eigenvalue weighted by Gasteiger charge is -2.08. The van der Waals surface area contributed by atoms with Crippen molar-refractivity contribution in [2.75, 3.05) is 19.1 Å². The van der Waals surface area contributed by atoms with Crippen molar-refractivity contribution in [1.29, 1.82) is 5.26 Å². The van der Waals surface area contributed by atoms with Gasteiger partial charge in [-0.25, -0.2) is 4.79 Å². The molecule has 1 aromatic rings. The van der Waals surface area contributed by atoms with E-state index in [4.69, 9.17) is 21.6 Å². The van der Waals surface area contributed by atoms with E-state index in [0.717, 1.165) is 0 Å². The van der Waals surface area contributed by atoms with E-state index in [2.05, 4.69) is 15.3 Å². The van der Waals surface area contributed by atoms with Crippen LogP contribution in [0.15, 0.2) is 23.3 Å². The monoisotopic (exact) mass is 281 g/mol. The van der Waals surface area contributed by atoms with Gasteiger partial charge in [-0.2, -0.15) is 10.4 Å². The smallest absolute Gasteiger partial charge is 0.369 e. The summed E-state index contributed by atoms with van der Waals surface area (Å²) in [5, 5.41) is 12.9. The highest BCUT2D eigenvalue weighted by Gasteiger charge is 2.12. The molecule has 0 aliphatic carbocycles. The second kappa shape index (κ2) is 7.24. The lowest BCUT2D eigenvalue weighted by atomic mass is 10.3. The van der Waals surface area contributed by atoms with Gasteiger partial charge in [0.1, 0.15) is 11.8 Å². The third-order valence-corrected chi connectivity index (χ3v) is 2.26. The molecule has 0 unspecified atom stereocenters. The summed E-state index contributed by atoms with van der Waals surface area (Å²) in [4.78, 5) is 11.3. The fourth-order valence-corrected chi connectivity index (χ4v) is 1.37. The molecule has 6 nitrogen and oxygen atoms in total. The maximum Gasteiger partial charge on any atom is 0.369 e. The molecular formula is C12H12ClN3O3. The lowest BCUT2D eigenvalue weighted by Crippen LogP contribution is -2.17. The van der Waals surface area contributed by atoms with Gasteiger partial charge in [0.15, 0.2) is 0 Å². The number of methoxy groups -OCH3 is 1. The first-order valence-electron chi connectivity index (χ1n) is 5.36. The van der Waals surface area contributed by atoms with E-state index in [1.165, 1.54) is 7.11 Å². The summed E-state index contributed by atoms with van der Waals surface area (Å²) >= 11 is 5.83. The van der Waals surface area contributed by atoms with Crippen molar-refractivity contribution in [2.45, 2.75) is 6.92 Å². The van der Waals surface area contributed by atoms with E-state index in [1.54, 1.807) is 31.2 Å². The van der Waals surface area contributed by atoms with Crippen LogP contribution in [0.5, 0.6) is 5.75 Å². The Morgan fingerprint density at radius 2 is 2.32 bits per heavy atom. The summed E-state index contributed by atoms with van der Waals surface area (Å²) in [7, 11) is 1.48. The minimum atomic E-state index is -0.793. The molecule has 100 valence electrons. The number of ether oxygens (including phenoxy) is 2. The highest BCUT2D eigenvalue weighted by molar-refractivity contribution is 6.43.